The van der Waals surface area contributed by atoms with Crippen LogP contribution in [0.25, 0.3) is 0 Å². The van der Waals surface area contributed by atoms with Gasteiger partial charge in [-0.25, -0.2) is 8.42 Å². The second-order valence-electron chi connectivity index (χ2n) is 4.69. The van der Waals surface area contributed by atoms with Crippen LogP contribution in [0.5, 0.6) is 0 Å². The minimum absolute atomic E-state index is 0.168. The van der Waals surface area contributed by atoms with Gasteiger partial charge in [0.2, 0.25) is 10.0 Å². The summed E-state index contributed by atoms with van der Waals surface area (Å²) >= 11 is 0. The highest BCUT2D eigenvalue weighted by molar-refractivity contribution is 7.89. The minimum Gasteiger partial charge on any atom is -0.392 e. The smallest absolute Gasteiger partial charge is 0.243 e. The van der Waals surface area contributed by atoms with Gasteiger partial charge in [-0.15, -0.1) is 0 Å². The molecule has 6 heteroatoms. The number of aliphatic hydroxyl groups excluding tert-OH is 1. The second kappa shape index (κ2) is 7.17. The van der Waals surface area contributed by atoms with Gasteiger partial charge < -0.3 is 9.84 Å². The molecule has 0 aromatic heterocycles. The van der Waals surface area contributed by atoms with Crippen LogP contribution in [-0.2, 0) is 21.4 Å². The SMILES string of the molecule is CCN(CCOC)S(=O)(=O)c1cc(CO)c(C)cc1C. The van der Waals surface area contributed by atoms with Gasteiger partial charge in [0.1, 0.15) is 0 Å². The largest absolute Gasteiger partial charge is 0.392 e. The first-order valence-corrected chi connectivity index (χ1v) is 8.02. The number of aryl methyl sites for hydroxylation is 2. The van der Waals surface area contributed by atoms with Crippen molar-refractivity contribution in [3.05, 3.63) is 28.8 Å². The van der Waals surface area contributed by atoms with Crippen molar-refractivity contribution in [2.24, 2.45) is 0 Å². The zero-order valence-electron chi connectivity index (χ0n) is 12.5. The van der Waals surface area contributed by atoms with Gasteiger partial charge in [0.05, 0.1) is 18.1 Å². The molecule has 1 aromatic carbocycles. The molecule has 0 unspecified atom stereocenters. The molecule has 1 rings (SSSR count). The molecule has 114 valence electrons. The Kier molecular flexibility index (Phi) is 6.13. The maximum Gasteiger partial charge on any atom is 0.243 e. The van der Waals surface area contributed by atoms with Crippen molar-refractivity contribution in [2.75, 3.05) is 26.8 Å². The first-order chi connectivity index (χ1) is 9.38. The number of hydrogen-bond donors (Lipinski definition) is 1. The van der Waals surface area contributed by atoms with Gasteiger partial charge >= 0.3 is 0 Å². The summed E-state index contributed by atoms with van der Waals surface area (Å²) in [6.45, 7) is 6.31. The lowest BCUT2D eigenvalue weighted by Gasteiger charge is -2.22. The Morgan fingerprint density at radius 2 is 1.90 bits per heavy atom. The molecule has 0 saturated carbocycles. The molecule has 0 aliphatic carbocycles. The molecular weight excluding hydrogens is 278 g/mol. The Hall–Kier alpha value is -0.950. The van der Waals surface area contributed by atoms with E-state index < -0.39 is 10.0 Å². The third-order valence-corrected chi connectivity index (χ3v) is 5.44. The maximum atomic E-state index is 12.7. The van der Waals surface area contributed by atoms with E-state index in [-0.39, 0.29) is 11.5 Å². The zero-order valence-corrected chi connectivity index (χ0v) is 13.3. The van der Waals surface area contributed by atoms with Gasteiger partial charge in [-0.1, -0.05) is 13.0 Å². The number of likely N-dealkylation sites (N-methyl/N-ethyl adjacent to an activating group) is 1. The molecule has 0 saturated heterocycles. The van der Waals surface area contributed by atoms with Gasteiger partial charge in [0.25, 0.3) is 0 Å². The third-order valence-electron chi connectivity index (χ3n) is 3.32. The minimum atomic E-state index is -3.56. The normalized spacial score (nSPS) is 12.1. The van der Waals surface area contributed by atoms with Crippen molar-refractivity contribution in [2.45, 2.75) is 32.3 Å². The quantitative estimate of drug-likeness (QED) is 0.828. The lowest BCUT2D eigenvalue weighted by atomic mass is 10.1. The topological polar surface area (TPSA) is 66.8 Å². The molecule has 20 heavy (non-hydrogen) atoms. The van der Waals surface area contributed by atoms with Crippen LogP contribution >= 0.6 is 0 Å². The predicted octanol–water partition coefficient (Wildman–Crippen LogP) is 1.45. The van der Waals surface area contributed by atoms with Crippen LogP contribution in [0.2, 0.25) is 0 Å². The van der Waals surface area contributed by atoms with E-state index in [1.54, 1.807) is 33.1 Å². The lowest BCUT2D eigenvalue weighted by molar-refractivity contribution is 0.180. The molecule has 0 spiro atoms. The molecule has 0 radical (unpaired) electrons. The summed E-state index contributed by atoms with van der Waals surface area (Å²) in [6, 6.07) is 3.36. The van der Waals surface area contributed by atoms with Crippen molar-refractivity contribution >= 4 is 10.0 Å². The lowest BCUT2D eigenvalue weighted by Crippen LogP contribution is -2.34. The number of ether oxygens (including phenoxy) is 1. The summed E-state index contributed by atoms with van der Waals surface area (Å²) in [5.41, 5.74) is 2.22. The van der Waals surface area contributed by atoms with Crippen molar-refractivity contribution < 1.29 is 18.3 Å². The monoisotopic (exact) mass is 301 g/mol. The first-order valence-electron chi connectivity index (χ1n) is 6.58. The summed E-state index contributed by atoms with van der Waals surface area (Å²) < 4.78 is 31.7. The van der Waals surface area contributed by atoms with E-state index in [2.05, 4.69) is 0 Å². The van der Waals surface area contributed by atoms with Crippen LogP contribution in [0.3, 0.4) is 0 Å². The summed E-state index contributed by atoms with van der Waals surface area (Å²) in [4.78, 5) is 0.255. The third kappa shape index (κ3) is 3.58. The van der Waals surface area contributed by atoms with Crippen LogP contribution in [0.4, 0.5) is 0 Å². The number of hydrogen-bond acceptors (Lipinski definition) is 4. The fourth-order valence-corrected chi connectivity index (χ4v) is 3.79. The Balaban J connectivity index is 3.26. The average Bonchev–Trinajstić information content (AvgIpc) is 2.39. The van der Waals surface area contributed by atoms with Crippen LogP contribution in [0.1, 0.15) is 23.6 Å². The van der Waals surface area contributed by atoms with Crippen molar-refractivity contribution in [1.29, 1.82) is 0 Å². The van der Waals surface area contributed by atoms with Crippen LogP contribution in [0.15, 0.2) is 17.0 Å². The number of sulfonamides is 1. The molecule has 0 fully saturated rings. The van der Waals surface area contributed by atoms with E-state index in [1.165, 1.54) is 4.31 Å². The molecule has 0 bridgehead atoms. The molecule has 0 heterocycles. The van der Waals surface area contributed by atoms with Crippen molar-refractivity contribution in [3.63, 3.8) is 0 Å². The molecule has 0 amide bonds. The van der Waals surface area contributed by atoms with E-state index >= 15 is 0 Å². The Morgan fingerprint density at radius 1 is 1.25 bits per heavy atom. The molecule has 0 atom stereocenters. The van der Waals surface area contributed by atoms with Gasteiger partial charge in [-0.3, -0.25) is 0 Å². The average molecular weight is 301 g/mol. The summed E-state index contributed by atoms with van der Waals surface area (Å²) in [5, 5.41) is 9.31. The molecule has 1 aromatic rings. The van der Waals surface area contributed by atoms with Crippen LogP contribution in [-0.4, -0.2) is 44.6 Å². The highest BCUT2D eigenvalue weighted by Crippen LogP contribution is 2.23. The van der Waals surface area contributed by atoms with Crippen molar-refractivity contribution in [3.8, 4) is 0 Å². The predicted molar refractivity (Wildman–Crippen MR) is 78.1 cm³/mol. The van der Waals surface area contributed by atoms with E-state index in [0.717, 1.165) is 5.56 Å². The highest BCUT2D eigenvalue weighted by Gasteiger charge is 2.25. The van der Waals surface area contributed by atoms with Crippen molar-refractivity contribution in [1.82, 2.24) is 4.31 Å². The fourth-order valence-electron chi connectivity index (χ4n) is 2.10. The molecular formula is C14H23NO4S. The number of methoxy groups -OCH3 is 1. The number of aliphatic hydroxyl groups is 1. The number of rotatable bonds is 7. The summed E-state index contributed by atoms with van der Waals surface area (Å²) in [5.74, 6) is 0. The van der Waals surface area contributed by atoms with Gasteiger partial charge in [0.15, 0.2) is 0 Å². The van der Waals surface area contributed by atoms with Gasteiger partial charge in [-0.05, 0) is 36.6 Å². The fraction of sp³-hybridized carbons (Fsp3) is 0.571. The Labute approximate surface area is 121 Å². The molecule has 0 aliphatic rings. The van der Waals surface area contributed by atoms with Crippen LogP contribution < -0.4 is 0 Å². The molecule has 5 nitrogen and oxygen atoms in total. The van der Waals surface area contributed by atoms with E-state index in [9.17, 15) is 13.5 Å². The summed E-state index contributed by atoms with van der Waals surface area (Å²) in [7, 11) is -2.02. The van der Waals surface area contributed by atoms with E-state index in [1.807, 2.05) is 6.92 Å². The van der Waals surface area contributed by atoms with Crippen LogP contribution in [0, 0.1) is 13.8 Å². The summed E-state index contributed by atoms with van der Waals surface area (Å²) in [6.07, 6.45) is 0. The molecule has 1 N–H and O–H groups in total. The first kappa shape index (κ1) is 17.1. The standard InChI is InChI=1S/C14H23NO4S/c1-5-15(6-7-19-4)20(17,18)14-9-13(10-16)11(2)8-12(14)3/h8-9,16H,5-7,10H2,1-4H3. The van der Waals surface area contributed by atoms with E-state index in [4.69, 9.17) is 4.74 Å². The number of nitrogens with zero attached hydrogens (tertiary/aromatic N) is 1. The number of benzene rings is 1. The zero-order chi connectivity index (χ0) is 15.3. The highest BCUT2D eigenvalue weighted by atomic mass is 32.2. The molecule has 0 aliphatic heterocycles. The van der Waals surface area contributed by atoms with Gasteiger partial charge in [-0.2, -0.15) is 4.31 Å². The maximum absolute atomic E-state index is 12.7. The second-order valence-corrected chi connectivity index (χ2v) is 6.60. The Morgan fingerprint density at radius 3 is 2.40 bits per heavy atom. The van der Waals surface area contributed by atoms with E-state index in [0.29, 0.717) is 30.8 Å². The Bertz CT molecular complexity index is 555. The van der Waals surface area contributed by atoms with Gasteiger partial charge in [0, 0.05) is 20.2 Å².